The summed E-state index contributed by atoms with van der Waals surface area (Å²) in [6.07, 6.45) is 5.26. The number of hydrogen-bond acceptors (Lipinski definition) is 2. The van der Waals surface area contributed by atoms with Crippen LogP contribution in [0.15, 0.2) is 47.7 Å². The highest BCUT2D eigenvalue weighted by molar-refractivity contribution is 5.80. The van der Waals surface area contributed by atoms with Crippen LogP contribution in [0.25, 0.3) is 0 Å². The van der Waals surface area contributed by atoms with Gasteiger partial charge in [-0.3, -0.25) is 9.67 Å². The Morgan fingerprint density at radius 2 is 2.08 bits per heavy atom. The van der Waals surface area contributed by atoms with E-state index in [1.807, 2.05) is 25.0 Å². The van der Waals surface area contributed by atoms with E-state index in [0.29, 0.717) is 5.92 Å². The molecule has 0 bridgehead atoms. The van der Waals surface area contributed by atoms with Crippen LogP contribution in [0.2, 0.25) is 0 Å². The largest absolute Gasteiger partial charge is 0.355 e. The molecule has 0 spiro atoms. The zero-order chi connectivity index (χ0) is 17.9. The zero-order valence-electron chi connectivity index (χ0n) is 15.7. The molecule has 0 saturated carbocycles. The number of rotatable bonds is 4. The molecular formula is C20H29N5. The van der Waals surface area contributed by atoms with E-state index in [1.54, 1.807) is 0 Å². The average molecular weight is 339 g/mol. The smallest absolute Gasteiger partial charge is 0.193 e. The lowest BCUT2D eigenvalue weighted by molar-refractivity contribution is 0.454. The van der Waals surface area contributed by atoms with Crippen molar-refractivity contribution in [3.63, 3.8) is 0 Å². The van der Waals surface area contributed by atoms with Crippen LogP contribution in [0.3, 0.4) is 0 Å². The van der Waals surface area contributed by atoms with E-state index in [-0.39, 0.29) is 5.41 Å². The Morgan fingerprint density at radius 1 is 1.32 bits per heavy atom. The summed E-state index contributed by atoms with van der Waals surface area (Å²) in [5.41, 5.74) is 2.72. The summed E-state index contributed by atoms with van der Waals surface area (Å²) in [7, 11) is 3.84. The monoisotopic (exact) mass is 339 g/mol. The molecule has 0 radical (unpaired) electrons. The van der Waals surface area contributed by atoms with E-state index in [0.717, 1.165) is 32.0 Å². The molecule has 1 aromatic heterocycles. The molecule has 134 valence electrons. The predicted molar refractivity (Wildman–Crippen MR) is 103 cm³/mol. The van der Waals surface area contributed by atoms with Crippen molar-refractivity contribution in [3.8, 4) is 0 Å². The van der Waals surface area contributed by atoms with Crippen molar-refractivity contribution >= 4 is 5.96 Å². The van der Waals surface area contributed by atoms with Crippen molar-refractivity contribution in [1.29, 1.82) is 0 Å². The van der Waals surface area contributed by atoms with Crippen molar-refractivity contribution in [2.45, 2.75) is 31.6 Å². The second-order valence-electron chi connectivity index (χ2n) is 7.53. The second-order valence-corrected chi connectivity index (χ2v) is 7.53. The fraction of sp³-hybridized carbons (Fsp3) is 0.500. The standard InChI is InChI=1S/C20H29N5/c1-20(2,18-8-6-5-7-9-18)15-22-19(21-3)25-11-10-16(14-25)17-12-23-24(4)13-17/h5-9,12-13,16H,10-11,14-15H2,1-4H3,(H,21,22). The van der Waals surface area contributed by atoms with Gasteiger partial charge in [-0.15, -0.1) is 0 Å². The second kappa shape index (κ2) is 7.30. The summed E-state index contributed by atoms with van der Waals surface area (Å²) in [4.78, 5) is 6.87. The molecule has 2 aromatic rings. The molecule has 1 aromatic carbocycles. The Kier molecular flexibility index (Phi) is 5.11. The molecule has 1 fully saturated rings. The SMILES string of the molecule is CN=C(NCC(C)(C)c1ccccc1)N1CCC(c2cnn(C)c2)C1. The van der Waals surface area contributed by atoms with Gasteiger partial charge in [-0.1, -0.05) is 44.2 Å². The number of aromatic nitrogens is 2. The summed E-state index contributed by atoms with van der Waals surface area (Å²) in [5.74, 6) is 1.53. The number of nitrogens with one attached hydrogen (secondary N) is 1. The molecule has 2 heterocycles. The fourth-order valence-corrected chi connectivity index (χ4v) is 3.50. The van der Waals surface area contributed by atoms with E-state index >= 15 is 0 Å². The highest BCUT2D eigenvalue weighted by Crippen LogP contribution is 2.27. The molecule has 5 nitrogen and oxygen atoms in total. The first kappa shape index (κ1) is 17.5. The third-order valence-corrected chi connectivity index (χ3v) is 5.14. The van der Waals surface area contributed by atoms with Gasteiger partial charge in [0.15, 0.2) is 5.96 Å². The zero-order valence-corrected chi connectivity index (χ0v) is 15.7. The van der Waals surface area contributed by atoms with Crippen LogP contribution in [0.4, 0.5) is 0 Å². The molecule has 1 saturated heterocycles. The lowest BCUT2D eigenvalue weighted by atomic mass is 9.85. The molecule has 1 aliphatic heterocycles. The third-order valence-electron chi connectivity index (χ3n) is 5.14. The van der Waals surface area contributed by atoms with Crippen LogP contribution in [-0.2, 0) is 12.5 Å². The van der Waals surface area contributed by atoms with Gasteiger partial charge in [0.25, 0.3) is 0 Å². The normalized spacial score (nSPS) is 18.6. The minimum absolute atomic E-state index is 0.0552. The van der Waals surface area contributed by atoms with E-state index in [4.69, 9.17) is 0 Å². The van der Waals surface area contributed by atoms with Crippen LogP contribution < -0.4 is 5.32 Å². The van der Waals surface area contributed by atoms with E-state index in [1.165, 1.54) is 11.1 Å². The van der Waals surface area contributed by atoms with Gasteiger partial charge in [-0.2, -0.15) is 5.10 Å². The Hall–Kier alpha value is -2.30. The van der Waals surface area contributed by atoms with Crippen molar-refractivity contribution in [2.75, 3.05) is 26.7 Å². The number of guanidine groups is 1. The summed E-state index contributed by atoms with van der Waals surface area (Å²) in [5, 5.41) is 7.89. The first-order valence-corrected chi connectivity index (χ1v) is 8.99. The Balaban J connectivity index is 1.60. The molecule has 1 N–H and O–H groups in total. The number of hydrogen-bond donors (Lipinski definition) is 1. The number of nitrogens with zero attached hydrogens (tertiary/aromatic N) is 4. The molecule has 5 heteroatoms. The summed E-state index contributed by atoms with van der Waals surface area (Å²) >= 11 is 0. The first-order valence-electron chi connectivity index (χ1n) is 8.99. The number of aryl methyl sites for hydroxylation is 1. The molecule has 0 aliphatic carbocycles. The van der Waals surface area contributed by atoms with Gasteiger partial charge in [0.1, 0.15) is 0 Å². The van der Waals surface area contributed by atoms with Gasteiger partial charge in [0.2, 0.25) is 0 Å². The summed E-state index contributed by atoms with van der Waals surface area (Å²) in [6, 6.07) is 10.7. The van der Waals surface area contributed by atoms with Crippen molar-refractivity contribution < 1.29 is 0 Å². The summed E-state index contributed by atoms with van der Waals surface area (Å²) in [6.45, 7) is 7.43. The first-order chi connectivity index (χ1) is 12.0. The van der Waals surface area contributed by atoms with Gasteiger partial charge in [-0.25, -0.2) is 0 Å². The van der Waals surface area contributed by atoms with Crippen molar-refractivity contribution in [1.82, 2.24) is 20.0 Å². The minimum Gasteiger partial charge on any atom is -0.355 e. The van der Waals surface area contributed by atoms with Gasteiger partial charge in [0, 0.05) is 51.3 Å². The maximum atomic E-state index is 4.51. The lowest BCUT2D eigenvalue weighted by Crippen LogP contribution is -2.44. The van der Waals surface area contributed by atoms with E-state index < -0.39 is 0 Å². The van der Waals surface area contributed by atoms with Crippen molar-refractivity contribution in [3.05, 3.63) is 53.9 Å². The van der Waals surface area contributed by atoms with Gasteiger partial charge >= 0.3 is 0 Å². The van der Waals surface area contributed by atoms with E-state index in [2.05, 4.69) is 70.7 Å². The Bertz CT molecular complexity index is 717. The minimum atomic E-state index is 0.0552. The predicted octanol–water partition coefficient (Wildman–Crippen LogP) is 2.76. The number of aliphatic imine (C=N–C) groups is 1. The molecular weight excluding hydrogens is 310 g/mol. The molecule has 3 rings (SSSR count). The van der Waals surface area contributed by atoms with E-state index in [9.17, 15) is 0 Å². The molecule has 0 amide bonds. The fourth-order valence-electron chi connectivity index (χ4n) is 3.50. The maximum Gasteiger partial charge on any atom is 0.193 e. The molecule has 1 atom stereocenters. The van der Waals surface area contributed by atoms with Crippen molar-refractivity contribution in [2.24, 2.45) is 12.0 Å². The van der Waals surface area contributed by atoms with Gasteiger partial charge in [0.05, 0.1) is 6.20 Å². The third kappa shape index (κ3) is 4.03. The highest BCUT2D eigenvalue weighted by Gasteiger charge is 2.28. The van der Waals surface area contributed by atoms with Crippen LogP contribution in [0.1, 0.15) is 37.3 Å². The highest BCUT2D eigenvalue weighted by atomic mass is 15.3. The average Bonchev–Trinajstić information content (AvgIpc) is 3.25. The molecule has 25 heavy (non-hydrogen) atoms. The molecule has 1 unspecified atom stereocenters. The molecule has 1 aliphatic rings. The Morgan fingerprint density at radius 3 is 2.72 bits per heavy atom. The van der Waals surface area contributed by atoms with Crippen LogP contribution in [0.5, 0.6) is 0 Å². The van der Waals surface area contributed by atoms with Crippen LogP contribution in [0, 0.1) is 0 Å². The number of likely N-dealkylation sites (tertiary alicyclic amines) is 1. The summed E-state index contributed by atoms with van der Waals surface area (Å²) < 4.78 is 1.88. The topological polar surface area (TPSA) is 45.5 Å². The maximum absolute atomic E-state index is 4.51. The van der Waals surface area contributed by atoms with Gasteiger partial charge in [-0.05, 0) is 17.5 Å². The Labute approximate surface area is 150 Å². The van der Waals surface area contributed by atoms with Crippen LogP contribution in [-0.4, -0.2) is 47.3 Å². The quantitative estimate of drug-likeness (QED) is 0.688. The number of benzene rings is 1. The lowest BCUT2D eigenvalue weighted by Gasteiger charge is -2.29. The van der Waals surface area contributed by atoms with Crippen LogP contribution >= 0.6 is 0 Å². The van der Waals surface area contributed by atoms with Gasteiger partial charge < -0.3 is 10.2 Å².